The summed E-state index contributed by atoms with van der Waals surface area (Å²) in [5.74, 6) is 1.71. The van der Waals surface area contributed by atoms with Crippen molar-refractivity contribution in [1.29, 1.82) is 0 Å². The van der Waals surface area contributed by atoms with Gasteiger partial charge in [-0.2, -0.15) is 0 Å². The zero-order valence-electron chi connectivity index (χ0n) is 30.4. The van der Waals surface area contributed by atoms with E-state index in [1.807, 2.05) is 12.1 Å². The molecule has 6 heteroatoms. The van der Waals surface area contributed by atoms with E-state index in [-0.39, 0.29) is 6.71 Å². The first kappa shape index (κ1) is 30.2. The Labute approximate surface area is 324 Å². The van der Waals surface area contributed by atoms with E-state index in [1.54, 1.807) is 0 Å². The number of nitrogens with zero attached hydrogens (tertiary/aromatic N) is 4. The van der Waals surface area contributed by atoms with Gasteiger partial charge >= 0.3 is 0 Å². The molecule has 0 atom stereocenters. The number of aromatic nitrogens is 1. The van der Waals surface area contributed by atoms with Crippen LogP contribution in [0.15, 0.2) is 176 Å². The molecule has 0 saturated carbocycles. The summed E-state index contributed by atoms with van der Waals surface area (Å²) < 4.78 is 8.99. The summed E-state index contributed by atoms with van der Waals surface area (Å²) in [5.41, 5.74) is 18.5. The molecule has 0 unspecified atom stereocenters. The Balaban J connectivity index is 1.12. The summed E-state index contributed by atoms with van der Waals surface area (Å²) in [4.78, 5) is 7.39. The molecule has 56 heavy (non-hydrogen) atoms. The normalized spacial score (nSPS) is 14.3. The summed E-state index contributed by atoms with van der Waals surface area (Å²) >= 11 is 0. The van der Waals surface area contributed by atoms with E-state index in [2.05, 4.69) is 183 Å². The van der Waals surface area contributed by atoms with Crippen LogP contribution in [0.25, 0.3) is 27.5 Å². The van der Waals surface area contributed by atoms with Gasteiger partial charge in [0.25, 0.3) is 6.71 Å². The molecule has 0 bridgehead atoms. The lowest BCUT2D eigenvalue weighted by Gasteiger charge is -2.41. The summed E-state index contributed by atoms with van der Waals surface area (Å²) in [5, 5.41) is 2.55. The lowest BCUT2D eigenvalue weighted by molar-refractivity contribution is 0.477. The Bertz CT molecular complexity index is 3060. The minimum absolute atomic E-state index is 0.0253. The van der Waals surface area contributed by atoms with Gasteiger partial charge in [-0.3, -0.25) is 0 Å². The first-order valence-corrected chi connectivity index (χ1v) is 19.5. The lowest BCUT2D eigenvalue weighted by atomic mass is 9.33. The van der Waals surface area contributed by atoms with E-state index in [0.717, 1.165) is 41.5 Å². The number of hydrogen-bond acceptors (Lipinski definition) is 4. The second kappa shape index (κ2) is 11.2. The number of rotatable bonds is 3. The third kappa shape index (κ3) is 4.00. The second-order valence-corrected chi connectivity index (χ2v) is 15.2. The predicted octanol–water partition coefficient (Wildman–Crippen LogP) is 10.7. The quantitative estimate of drug-likeness (QED) is 0.170. The molecule has 0 saturated heterocycles. The highest BCUT2D eigenvalue weighted by Crippen LogP contribution is 2.51. The maximum Gasteiger partial charge on any atom is 0.252 e. The highest BCUT2D eigenvalue weighted by Gasteiger charge is 2.43. The minimum Gasteiger partial charge on any atom is -0.453 e. The molecular weight excluding hydrogens is 683 g/mol. The predicted molar refractivity (Wildman–Crippen MR) is 232 cm³/mol. The first-order chi connectivity index (χ1) is 27.8. The van der Waals surface area contributed by atoms with Gasteiger partial charge in [0.15, 0.2) is 11.5 Å². The molecule has 262 valence electrons. The van der Waals surface area contributed by atoms with Crippen molar-refractivity contribution >= 4 is 90.4 Å². The molecule has 5 heterocycles. The van der Waals surface area contributed by atoms with Crippen molar-refractivity contribution in [2.24, 2.45) is 0 Å². The van der Waals surface area contributed by atoms with E-state index in [9.17, 15) is 0 Å². The minimum atomic E-state index is 0.0253. The van der Waals surface area contributed by atoms with Gasteiger partial charge in [-0.1, -0.05) is 91.0 Å². The van der Waals surface area contributed by atoms with Crippen LogP contribution in [-0.4, -0.2) is 17.8 Å². The van der Waals surface area contributed by atoms with Gasteiger partial charge < -0.3 is 24.0 Å². The van der Waals surface area contributed by atoms with Crippen LogP contribution >= 0.6 is 0 Å². The van der Waals surface area contributed by atoms with Crippen molar-refractivity contribution < 1.29 is 4.74 Å². The van der Waals surface area contributed by atoms with Crippen LogP contribution in [0.3, 0.4) is 0 Å². The summed E-state index contributed by atoms with van der Waals surface area (Å²) in [6.07, 6.45) is 1.01. The molecule has 13 rings (SSSR count). The van der Waals surface area contributed by atoms with Gasteiger partial charge in [-0.25, -0.2) is 0 Å². The molecular formula is C50H33BN4O. The molecule has 0 spiro atoms. The van der Waals surface area contributed by atoms with Crippen LogP contribution in [0.5, 0.6) is 11.5 Å². The van der Waals surface area contributed by atoms with Gasteiger partial charge in [-0.05, 0) is 113 Å². The average Bonchev–Trinajstić information content (AvgIpc) is 3.84. The van der Waals surface area contributed by atoms with Crippen LogP contribution in [0.4, 0.5) is 45.5 Å². The highest BCUT2D eigenvalue weighted by molar-refractivity contribution is 7.00. The molecule has 9 aromatic rings. The van der Waals surface area contributed by atoms with Gasteiger partial charge in [0.05, 0.1) is 22.4 Å². The molecule has 0 amide bonds. The summed E-state index contributed by atoms with van der Waals surface area (Å²) in [7, 11) is 0. The van der Waals surface area contributed by atoms with E-state index in [0.29, 0.717) is 0 Å². The number of fused-ring (bicyclic) bond motifs is 11. The molecule has 4 aliphatic rings. The molecule has 0 fully saturated rings. The molecule has 0 aliphatic carbocycles. The Hall–Kier alpha value is -7.18. The van der Waals surface area contributed by atoms with E-state index in [4.69, 9.17) is 4.74 Å². The Kier molecular flexibility index (Phi) is 6.03. The molecule has 1 aromatic heterocycles. The third-order valence-electron chi connectivity index (χ3n) is 12.4. The number of ether oxygens (including phenoxy) is 1. The maximum atomic E-state index is 6.44. The highest BCUT2D eigenvalue weighted by atomic mass is 16.5. The summed E-state index contributed by atoms with van der Waals surface area (Å²) in [6.45, 7) is 0.990. The zero-order chi connectivity index (χ0) is 36.5. The van der Waals surface area contributed by atoms with E-state index >= 15 is 0 Å². The van der Waals surface area contributed by atoms with E-state index in [1.165, 1.54) is 77.9 Å². The van der Waals surface area contributed by atoms with E-state index < -0.39 is 0 Å². The molecule has 4 aliphatic heterocycles. The molecule has 0 radical (unpaired) electrons. The maximum absolute atomic E-state index is 6.44. The largest absolute Gasteiger partial charge is 0.453 e. The van der Waals surface area contributed by atoms with Gasteiger partial charge in [0.1, 0.15) is 0 Å². The van der Waals surface area contributed by atoms with Crippen LogP contribution in [0.1, 0.15) is 5.56 Å². The Morgan fingerprint density at radius 1 is 0.446 bits per heavy atom. The van der Waals surface area contributed by atoms with Crippen molar-refractivity contribution in [2.75, 3.05) is 21.2 Å². The fourth-order valence-corrected chi connectivity index (χ4v) is 10.1. The van der Waals surface area contributed by atoms with Crippen LogP contribution in [0.2, 0.25) is 0 Å². The Morgan fingerprint density at radius 2 is 1.12 bits per heavy atom. The van der Waals surface area contributed by atoms with Crippen LogP contribution < -0.4 is 35.8 Å². The van der Waals surface area contributed by atoms with Gasteiger partial charge in [0.2, 0.25) is 0 Å². The number of hydrogen-bond donors (Lipinski definition) is 0. The molecule has 0 N–H and O–H groups in total. The Morgan fingerprint density at radius 3 is 1.91 bits per heavy atom. The van der Waals surface area contributed by atoms with Crippen LogP contribution in [-0.2, 0) is 6.42 Å². The molecule has 8 aromatic carbocycles. The second-order valence-electron chi connectivity index (χ2n) is 15.2. The van der Waals surface area contributed by atoms with Crippen molar-refractivity contribution in [3.8, 4) is 17.2 Å². The van der Waals surface area contributed by atoms with Crippen molar-refractivity contribution in [2.45, 2.75) is 6.42 Å². The van der Waals surface area contributed by atoms with Crippen molar-refractivity contribution in [3.63, 3.8) is 0 Å². The molecule has 5 nitrogen and oxygen atoms in total. The van der Waals surface area contributed by atoms with Gasteiger partial charge in [-0.15, -0.1) is 0 Å². The fourth-order valence-electron chi connectivity index (χ4n) is 10.1. The van der Waals surface area contributed by atoms with Gasteiger partial charge in [0, 0.05) is 57.1 Å². The number of benzene rings is 8. The monoisotopic (exact) mass is 716 g/mol. The lowest BCUT2D eigenvalue weighted by Crippen LogP contribution is -2.60. The van der Waals surface area contributed by atoms with Crippen molar-refractivity contribution in [1.82, 2.24) is 4.57 Å². The standard InChI is InChI=1S/C50H33BN4O/c1-3-13-33(14-4-1)52-28-27-32-29-45-39(31-44(32)52)51-38-25-23-35(54-41-19-9-11-21-47(41)56-48-22-12-10-20-42(48)54)30-46(38)55-40-18-8-7-17-36(40)37-24-26-43(49(51)50(37)55)53(45)34-15-5-2-6-16-34/h1-26,29-31H,27-28H2. The number of anilines is 8. The first-order valence-electron chi connectivity index (χ1n) is 19.5. The SMILES string of the molecule is c1ccc(N2CCc3cc4c(cc32)B2c3ccc(N5c6ccccc6Oc6ccccc65)cc3-n3c5ccccc5c5ccc(c2c53)N4c2ccccc2)cc1. The zero-order valence-corrected chi connectivity index (χ0v) is 30.4. The number of para-hydroxylation sites is 7. The smallest absolute Gasteiger partial charge is 0.252 e. The summed E-state index contributed by atoms with van der Waals surface area (Å²) in [6, 6.07) is 64.3. The average molecular weight is 717 g/mol. The van der Waals surface area contributed by atoms with Crippen LogP contribution in [0, 0.1) is 0 Å². The third-order valence-corrected chi connectivity index (χ3v) is 12.4. The van der Waals surface area contributed by atoms with Crippen molar-refractivity contribution in [3.05, 3.63) is 181 Å². The topological polar surface area (TPSA) is 23.9 Å². The fraction of sp³-hybridized carbons (Fsp3) is 0.0400.